The van der Waals surface area contributed by atoms with E-state index < -0.39 is 26.1 Å². The number of rotatable bonds is 6. The Kier molecular flexibility index (Phi) is 6.69. The van der Waals surface area contributed by atoms with Crippen molar-refractivity contribution in [2.24, 2.45) is 0 Å². The normalized spacial score (nSPS) is 10.8. The summed E-state index contributed by atoms with van der Waals surface area (Å²) in [6, 6.07) is 0. The van der Waals surface area contributed by atoms with Crippen molar-refractivity contribution in [2.75, 3.05) is 26.6 Å². The third-order valence-corrected chi connectivity index (χ3v) is 0.976. The standard InChI is InChI=1S/C6H11F3O/c7-2-1-3-10-6(4-8)5-9/h6H,1-5H2. The maximum Gasteiger partial charge on any atom is 0.118 e. The highest BCUT2D eigenvalue weighted by molar-refractivity contribution is 4.51. The molecule has 4 heteroatoms. The average molecular weight is 156 g/mol. The smallest absolute Gasteiger partial charge is 0.118 e. The lowest BCUT2D eigenvalue weighted by Gasteiger charge is -2.08. The lowest BCUT2D eigenvalue weighted by molar-refractivity contribution is 0.0169. The molecule has 0 aliphatic heterocycles. The van der Waals surface area contributed by atoms with E-state index in [2.05, 4.69) is 4.74 Å². The molecule has 0 radical (unpaired) electrons. The molecule has 0 saturated heterocycles. The topological polar surface area (TPSA) is 9.23 Å². The first-order valence-electron chi connectivity index (χ1n) is 3.14. The Balaban J connectivity index is 3.09. The van der Waals surface area contributed by atoms with Crippen molar-refractivity contribution in [1.29, 1.82) is 0 Å². The maximum atomic E-state index is 11.6. The van der Waals surface area contributed by atoms with Crippen LogP contribution in [0.25, 0.3) is 0 Å². The Morgan fingerprint density at radius 3 is 2.10 bits per heavy atom. The van der Waals surface area contributed by atoms with Gasteiger partial charge in [-0.1, -0.05) is 0 Å². The second-order valence-electron chi connectivity index (χ2n) is 1.84. The lowest BCUT2D eigenvalue weighted by atomic mass is 10.4. The lowest BCUT2D eigenvalue weighted by Crippen LogP contribution is -2.18. The molecule has 0 rings (SSSR count). The van der Waals surface area contributed by atoms with Crippen LogP contribution < -0.4 is 0 Å². The summed E-state index contributed by atoms with van der Waals surface area (Å²) in [6.45, 7) is -2.11. The van der Waals surface area contributed by atoms with Gasteiger partial charge in [0.2, 0.25) is 0 Å². The van der Waals surface area contributed by atoms with Gasteiger partial charge in [-0.15, -0.1) is 0 Å². The van der Waals surface area contributed by atoms with Crippen LogP contribution in [-0.2, 0) is 4.74 Å². The van der Waals surface area contributed by atoms with E-state index in [0.29, 0.717) is 0 Å². The van der Waals surface area contributed by atoms with E-state index in [1.54, 1.807) is 0 Å². The Morgan fingerprint density at radius 1 is 1.10 bits per heavy atom. The van der Waals surface area contributed by atoms with Crippen LogP contribution in [0.15, 0.2) is 0 Å². The van der Waals surface area contributed by atoms with E-state index >= 15 is 0 Å². The fourth-order valence-corrected chi connectivity index (χ4v) is 0.435. The summed E-state index contributed by atoms with van der Waals surface area (Å²) in [5, 5.41) is 0. The van der Waals surface area contributed by atoms with Crippen molar-refractivity contribution in [2.45, 2.75) is 12.5 Å². The summed E-state index contributed by atoms with van der Waals surface area (Å²) in [7, 11) is 0. The Morgan fingerprint density at radius 2 is 1.70 bits per heavy atom. The molecule has 0 amide bonds. The molecule has 10 heavy (non-hydrogen) atoms. The van der Waals surface area contributed by atoms with E-state index in [1.165, 1.54) is 0 Å². The van der Waals surface area contributed by atoms with Crippen LogP contribution >= 0.6 is 0 Å². The van der Waals surface area contributed by atoms with Crippen LogP contribution in [0, 0.1) is 0 Å². The first-order valence-corrected chi connectivity index (χ1v) is 3.14. The fourth-order valence-electron chi connectivity index (χ4n) is 0.435. The van der Waals surface area contributed by atoms with Crippen molar-refractivity contribution >= 4 is 0 Å². The Hall–Kier alpha value is -0.250. The number of hydrogen-bond acceptors (Lipinski definition) is 1. The Labute approximate surface area is 58.2 Å². The quantitative estimate of drug-likeness (QED) is 0.531. The van der Waals surface area contributed by atoms with Gasteiger partial charge in [0.25, 0.3) is 0 Å². The van der Waals surface area contributed by atoms with E-state index in [-0.39, 0.29) is 13.0 Å². The summed E-state index contributed by atoms with van der Waals surface area (Å²) in [4.78, 5) is 0. The van der Waals surface area contributed by atoms with Crippen molar-refractivity contribution < 1.29 is 17.9 Å². The van der Waals surface area contributed by atoms with Crippen molar-refractivity contribution in [1.82, 2.24) is 0 Å². The summed E-state index contributed by atoms with van der Waals surface area (Å²) in [5.41, 5.74) is 0. The minimum absolute atomic E-state index is 0.0923. The molecule has 0 fully saturated rings. The van der Waals surface area contributed by atoms with Gasteiger partial charge in [-0.3, -0.25) is 4.39 Å². The highest BCUT2D eigenvalue weighted by Crippen LogP contribution is 1.95. The molecule has 0 aromatic carbocycles. The summed E-state index contributed by atoms with van der Waals surface area (Å²) in [6.07, 6.45) is -0.789. The van der Waals surface area contributed by atoms with Crippen LogP contribution in [-0.4, -0.2) is 32.7 Å². The SMILES string of the molecule is FCCCOC(CF)CF. The predicted molar refractivity (Wildman–Crippen MR) is 32.3 cm³/mol. The first kappa shape index (κ1) is 9.75. The zero-order valence-electron chi connectivity index (χ0n) is 5.66. The van der Waals surface area contributed by atoms with Gasteiger partial charge in [-0.05, 0) is 6.42 Å². The molecule has 0 aliphatic carbocycles. The van der Waals surface area contributed by atoms with Gasteiger partial charge in [-0.25, -0.2) is 8.78 Å². The number of halogens is 3. The summed E-state index contributed by atoms with van der Waals surface area (Å²) < 4.78 is 39.2. The molecular formula is C6H11F3O. The molecule has 0 bridgehead atoms. The molecule has 0 aromatic heterocycles. The maximum absolute atomic E-state index is 11.6. The second kappa shape index (κ2) is 6.86. The molecule has 0 saturated carbocycles. The van der Waals surface area contributed by atoms with Gasteiger partial charge in [0.1, 0.15) is 19.5 Å². The van der Waals surface area contributed by atoms with Crippen molar-refractivity contribution in [3.8, 4) is 0 Å². The van der Waals surface area contributed by atoms with Crippen molar-refractivity contribution in [3.05, 3.63) is 0 Å². The molecule has 0 unspecified atom stereocenters. The third-order valence-electron chi connectivity index (χ3n) is 0.976. The molecular weight excluding hydrogens is 145 g/mol. The highest BCUT2D eigenvalue weighted by atomic mass is 19.1. The monoisotopic (exact) mass is 156 g/mol. The number of ether oxygens (including phenoxy) is 1. The zero-order chi connectivity index (χ0) is 7.82. The molecule has 0 atom stereocenters. The largest absolute Gasteiger partial charge is 0.373 e. The van der Waals surface area contributed by atoms with Crippen LogP contribution in [0.5, 0.6) is 0 Å². The van der Waals surface area contributed by atoms with Crippen LogP contribution in [0.3, 0.4) is 0 Å². The third kappa shape index (κ3) is 4.61. The molecule has 0 spiro atoms. The van der Waals surface area contributed by atoms with Crippen LogP contribution in [0.2, 0.25) is 0 Å². The van der Waals surface area contributed by atoms with Gasteiger partial charge in [0.05, 0.1) is 6.67 Å². The first-order chi connectivity index (χ1) is 4.85. The van der Waals surface area contributed by atoms with E-state index in [4.69, 9.17) is 0 Å². The van der Waals surface area contributed by atoms with E-state index in [1.807, 2.05) is 0 Å². The average Bonchev–Trinajstić information content (AvgIpc) is 1.99. The second-order valence-corrected chi connectivity index (χ2v) is 1.84. The summed E-state index contributed by atoms with van der Waals surface area (Å²) in [5.74, 6) is 0. The minimum Gasteiger partial charge on any atom is -0.373 e. The Bertz CT molecular complexity index is 66.0. The molecule has 0 N–H and O–H groups in total. The zero-order valence-corrected chi connectivity index (χ0v) is 5.66. The van der Waals surface area contributed by atoms with Gasteiger partial charge >= 0.3 is 0 Å². The van der Waals surface area contributed by atoms with Gasteiger partial charge in [0.15, 0.2) is 0 Å². The molecule has 0 aromatic rings. The van der Waals surface area contributed by atoms with E-state index in [9.17, 15) is 13.2 Å². The molecule has 62 valence electrons. The van der Waals surface area contributed by atoms with Crippen LogP contribution in [0.4, 0.5) is 13.2 Å². The number of hydrogen-bond donors (Lipinski definition) is 0. The van der Waals surface area contributed by atoms with Gasteiger partial charge in [0, 0.05) is 6.61 Å². The number of alkyl halides is 3. The van der Waals surface area contributed by atoms with E-state index in [0.717, 1.165) is 0 Å². The molecule has 0 heterocycles. The molecule has 1 nitrogen and oxygen atoms in total. The highest BCUT2D eigenvalue weighted by Gasteiger charge is 2.06. The predicted octanol–water partition coefficient (Wildman–Crippen LogP) is 1.67. The van der Waals surface area contributed by atoms with Gasteiger partial charge in [-0.2, -0.15) is 0 Å². The van der Waals surface area contributed by atoms with Crippen LogP contribution in [0.1, 0.15) is 6.42 Å². The van der Waals surface area contributed by atoms with Crippen molar-refractivity contribution in [3.63, 3.8) is 0 Å². The summed E-state index contributed by atoms with van der Waals surface area (Å²) >= 11 is 0. The molecule has 0 aliphatic rings. The van der Waals surface area contributed by atoms with Gasteiger partial charge < -0.3 is 4.74 Å². The minimum atomic E-state index is -0.994. The fraction of sp³-hybridized carbons (Fsp3) is 1.00.